The van der Waals surface area contributed by atoms with Crippen LogP contribution < -0.4 is 10.1 Å². The van der Waals surface area contributed by atoms with Gasteiger partial charge >= 0.3 is 6.01 Å². The number of likely N-dealkylation sites (N-methyl/N-ethyl adjacent to an activating group) is 1. The molecule has 3 aromatic rings. The summed E-state index contributed by atoms with van der Waals surface area (Å²) >= 11 is 0. The summed E-state index contributed by atoms with van der Waals surface area (Å²) in [6.07, 6.45) is 3.48. The summed E-state index contributed by atoms with van der Waals surface area (Å²) < 4.78 is 5.61. The molecule has 2 aromatic carbocycles. The molecule has 0 radical (unpaired) electrons. The lowest BCUT2D eigenvalue weighted by Gasteiger charge is -2.20. The SMILES string of the molecule is Cc1cnc(OCCN(C)C)nc1C(=O)NC1(c2cccc3ccccc23)CC1. The van der Waals surface area contributed by atoms with E-state index in [0.717, 1.165) is 30.5 Å². The second-order valence-corrected chi connectivity index (χ2v) is 7.90. The van der Waals surface area contributed by atoms with Crippen molar-refractivity contribution < 1.29 is 9.53 Å². The van der Waals surface area contributed by atoms with Crippen molar-refractivity contribution >= 4 is 16.7 Å². The Bertz CT molecular complexity index is 1040. The van der Waals surface area contributed by atoms with Gasteiger partial charge in [-0.25, -0.2) is 4.98 Å². The molecule has 1 fully saturated rings. The second-order valence-electron chi connectivity index (χ2n) is 7.90. The van der Waals surface area contributed by atoms with Crippen LogP contribution in [0.3, 0.4) is 0 Å². The largest absolute Gasteiger partial charge is 0.462 e. The molecule has 1 N–H and O–H groups in total. The van der Waals surface area contributed by atoms with Crippen molar-refractivity contribution in [1.82, 2.24) is 20.2 Å². The fourth-order valence-corrected chi connectivity index (χ4v) is 3.55. The number of carbonyl (C=O) groups excluding carboxylic acids is 1. The van der Waals surface area contributed by atoms with E-state index >= 15 is 0 Å². The number of hydrogen-bond donors (Lipinski definition) is 1. The van der Waals surface area contributed by atoms with Crippen LogP contribution in [0.5, 0.6) is 6.01 Å². The van der Waals surface area contributed by atoms with Gasteiger partial charge in [0.2, 0.25) is 0 Å². The van der Waals surface area contributed by atoms with Crippen molar-refractivity contribution in [2.45, 2.75) is 25.3 Å². The number of amides is 1. The molecule has 1 amide bonds. The number of rotatable bonds is 7. The average Bonchev–Trinajstić information content (AvgIpc) is 3.49. The minimum Gasteiger partial charge on any atom is -0.462 e. The van der Waals surface area contributed by atoms with Gasteiger partial charge in [-0.15, -0.1) is 0 Å². The van der Waals surface area contributed by atoms with Crippen LogP contribution in [0.2, 0.25) is 0 Å². The first kappa shape index (κ1) is 19.3. The maximum atomic E-state index is 13.1. The van der Waals surface area contributed by atoms with Crippen LogP contribution in [0.25, 0.3) is 10.8 Å². The number of fused-ring (bicyclic) bond motifs is 1. The van der Waals surface area contributed by atoms with Gasteiger partial charge in [0.05, 0.1) is 5.54 Å². The van der Waals surface area contributed by atoms with Crippen molar-refractivity contribution in [3.63, 3.8) is 0 Å². The zero-order valence-electron chi connectivity index (χ0n) is 17.1. The van der Waals surface area contributed by atoms with Crippen LogP contribution in [0.1, 0.15) is 34.5 Å². The van der Waals surface area contributed by atoms with Gasteiger partial charge in [-0.3, -0.25) is 4.79 Å². The van der Waals surface area contributed by atoms with Crippen LogP contribution in [0.15, 0.2) is 48.7 Å². The Morgan fingerprint density at radius 3 is 2.69 bits per heavy atom. The summed E-state index contributed by atoms with van der Waals surface area (Å²) in [6.45, 7) is 3.07. The number of aromatic nitrogens is 2. The molecule has 0 bridgehead atoms. The quantitative estimate of drug-likeness (QED) is 0.670. The number of nitrogens with one attached hydrogen (secondary N) is 1. The van der Waals surface area contributed by atoms with Crippen molar-refractivity contribution in [3.8, 4) is 6.01 Å². The predicted octanol–water partition coefficient (Wildman–Crippen LogP) is 3.30. The van der Waals surface area contributed by atoms with Crippen LogP contribution in [0, 0.1) is 6.92 Å². The second kappa shape index (κ2) is 7.79. The molecule has 150 valence electrons. The molecule has 0 unspecified atom stereocenters. The van der Waals surface area contributed by atoms with E-state index in [1.165, 1.54) is 10.8 Å². The Morgan fingerprint density at radius 1 is 1.17 bits per heavy atom. The molecule has 1 aliphatic carbocycles. The van der Waals surface area contributed by atoms with Crippen molar-refractivity contribution in [2.75, 3.05) is 27.2 Å². The molecule has 0 aliphatic heterocycles. The molecular weight excluding hydrogens is 364 g/mol. The smallest absolute Gasteiger partial charge is 0.317 e. The topological polar surface area (TPSA) is 67.3 Å². The van der Waals surface area contributed by atoms with E-state index in [2.05, 4.69) is 45.6 Å². The summed E-state index contributed by atoms with van der Waals surface area (Å²) in [6, 6.07) is 14.8. The van der Waals surface area contributed by atoms with Crippen LogP contribution in [0.4, 0.5) is 0 Å². The molecule has 0 spiro atoms. The van der Waals surface area contributed by atoms with Gasteiger partial charge in [-0.2, -0.15) is 4.98 Å². The third kappa shape index (κ3) is 4.07. The fourth-order valence-electron chi connectivity index (χ4n) is 3.55. The molecule has 1 aromatic heterocycles. The highest BCUT2D eigenvalue weighted by atomic mass is 16.5. The van der Waals surface area contributed by atoms with Crippen LogP contribution >= 0.6 is 0 Å². The van der Waals surface area contributed by atoms with Gasteiger partial charge in [-0.1, -0.05) is 42.5 Å². The van der Waals surface area contributed by atoms with Crippen molar-refractivity contribution in [1.29, 1.82) is 0 Å². The first-order valence-electron chi connectivity index (χ1n) is 9.90. The number of nitrogens with zero attached hydrogens (tertiary/aromatic N) is 3. The Labute approximate surface area is 170 Å². The van der Waals surface area contributed by atoms with Gasteiger partial charge in [0.25, 0.3) is 5.91 Å². The van der Waals surface area contributed by atoms with Gasteiger partial charge < -0.3 is 15.0 Å². The molecule has 0 atom stereocenters. The first-order chi connectivity index (χ1) is 14.0. The number of hydrogen-bond acceptors (Lipinski definition) is 5. The standard InChI is InChI=1S/C23H26N4O2/c1-16-15-24-22(29-14-13-27(2)3)25-20(16)21(28)26-23(11-12-23)19-10-6-8-17-7-4-5-9-18(17)19/h4-10,15H,11-14H2,1-3H3,(H,26,28). The van der Waals surface area contributed by atoms with E-state index < -0.39 is 0 Å². The lowest BCUT2D eigenvalue weighted by atomic mass is 9.96. The maximum absolute atomic E-state index is 13.1. The average molecular weight is 390 g/mol. The van der Waals surface area contributed by atoms with Crippen LogP contribution in [-0.2, 0) is 5.54 Å². The first-order valence-corrected chi connectivity index (χ1v) is 9.90. The Balaban J connectivity index is 1.56. The van der Waals surface area contributed by atoms with Crippen molar-refractivity contribution in [3.05, 3.63) is 65.5 Å². The molecule has 29 heavy (non-hydrogen) atoms. The molecule has 4 rings (SSSR count). The number of carbonyl (C=O) groups is 1. The number of aryl methyl sites for hydroxylation is 1. The van der Waals surface area contributed by atoms with E-state index in [4.69, 9.17) is 4.74 Å². The third-order valence-electron chi connectivity index (χ3n) is 5.34. The molecular formula is C23H26N4O2. The lowest BCUT2D eigenvalue weighted by Crippen LogP contribution is -2.36. The highest BCUT2D eigenvalue weighted by Gasteiger charge is 2.47. The van der Waals surface area contributed by atoms with E-state index in [-0.39, 0.29) is 17.5 Å². The third-order valence-corrected chi connectivity index (χ3v) is 5.34. The normalized spacial score (nSPS) is 14.8. The Morgan fingerprint density at radius 2 is 1.93 bits per heavy atom. The summed E-state index contributed by atoms with van der Waals surface area (Å²) in [5.74, 6) is -0.187. The minimum atomic E-state index is -0.332. The Hall–Kier alpha value is -2.99. The Kier molecular flexibility index (Phi) is 5.20. The zero-order valence-corrected chi connectivity index (χ0v) is 17.1. The highest BCUT2D eigenvalue weighted by Crippen LogP contribution is 2.48. The summed E-state index contributed by atoms with van der Waals surface area (Å²) in [5, 5.41) is 5.60. The summed E-state index contributed by atoms with van der Waals surface area (Å²) in [7, 11) is 3.95. The molecule has 6 heteroatoms. The number of ether oxygens (including phenoxy) is 1. The molecule has 1 aliphatic rings. The monoisotopic (exact) mass is 390 g/mol. The van der Waals surface area contributed by atoms with Gasteiger partial charge in [0, 0.05) is 12.7 Å². The molecule has 1 saturated carbocycles. The summed E-state index contributed by atoms with van der Waals surface area (Å²) in [5.41, 5.74) is 1.93. The molecule has 6 nitrogen and oxygen atoms in total. The van der Waals surface area contributed by atoms with E-state index in [1.54, 1.807) is 6.20 Å². The fraction of sp³-hybridized carbons (Fsp3) is 0.348. The minimum absolute atomic E-state index is 0.187. The van der Waals surface area contributed by atoms with Gasteiger partial charge in [-0.05, 0) is 55.8 Å². The van der Waals surface area contributed by atoms with Crippen LogP contribution in [-0.4, -0.2) is 48.0 Å². The van der Waals surface area contributed by atoms with E-state index in [0.29, 0.717) is 12.3 Å². The van der Waals surface area contributed by atoms with Gasteiger partial charge in [0.1, 0.15) is 12.3 Å². The zero-order chi connectivity index (χ0) is 20.4. The molecule has 0 saturated heterocycles. The lowest BCUT2D eigenvalue weighted by molar-refractivity contribution is 0.0923. The van der Waals surface area contributed by atoms with Gasteiger partial charge in [0.15, 0.2) is 0 Å². The summed E-state index contributed by atoms with van der Waals surface area (Å²) in [4.78, 5) is 23.7. The highest BCUT2D eigenvalue weighted by molar-refractivity contribution is 5.95. The van der Waals surface area contributed by atoms with Crippen molar-refractivity contribution in [2.24, 2.45) is 0 Å². The molecule has 1 heterocycles. The van der Waals surface area contributed by atoms with E-state index in [9.17, 15) is 4.79 Å². The maximum Gasteiger partial charge on any atom is 0.317 e. The predicted molar refractivity (Wildman–Crippen MR) is 113 cm³/mol. The number of benzene rings is 2. The van der Waals surface area contributed by atoms with E-state index in [1.807, 2.05) is 38.1 Å².